The number of carbonyl (C=O) groups excluding carboxylic acids is 1. The fraction of sp³-hybridized carbons (Fsp3) is 0.579. The largest absolute Gasteiger partial charge is 0.497 e. The molecule has 1 aliphatic carbocycles. The van der Waals surface area contributed by atoms with Crippen LogP contribution in [0.4, 0.5) is 5.13 Å². The summed E-state index contributed by atoms with van der Waals surface area (Å²) in [6, 6.07) is 6.00. The van der Waals surface area contributed by atoms with E-state index in [1.165, 1.54) is 19.3 Å². The van der Waals surface area contributed by atoms with Gasteiger partial charge in [-0.3, -0.25) is 4.79 Å². The first-order valence-electron chi connectivity index (χ1n) is 9.23. The Hall–Kier alpha value is -1.82. The molecule has 4 rings (SSSR count). The topological polar surface area (TPSA) is 45.7 Å². The molecule has 0 spiro atoms. The van der Waals surface area contributed by atoms with Crippen molar-refractivity contribution in [1.29, 1.82) is 0 Å². The first kappa shape index (κ1) is 16.6. The van der Waals surface area contributed by atoms with Crippen molar-refractivity contribution in [2.75, 3.05) is 38.2 Å². The highest BCUT2D eigenvalue weighted by Gasteiger charge is 2.29. The van der Waals surface area contributed by atoms with Crippen LogP contribution < -0.4 is 9.64 Å². The first-order chi connectivity index (χ1) is 12.2. The van der Waals surface area contributed by atoms with Crippen molar-refractivity contribution in [1.82, 2.24) is 9.88 Å². The molecule has 1 amide bonds. The highest BCUT2D eigenvalue weighted by Crippen LogP contribution is 2.32. The molecule has 2 aromatic rings. The van der Waals surface area contributed by atoms with Crippen LogP contribution in [0, 0.1) is 5.92 Å². The Morgan fingerprint density at radius 3 is 2.64 bits per heavy atom. The van der Waals surface area contributed by atoms with Gasteiger partial charge in [-0.2, -0.15) is 0 Å². The van der Waals surface area contributed by atoms with Crippen LogP contribution in [0.25, 0.3) is 10.2 Å². The quantitative estimate of drug-likeness (QED) is 0.841. The number of carbonyl (C=O) groups is 1. The molecule has 6 heteroatoms. The number of benzene rings is 1. The minimum Gasteiger partial charge on any atom is -0.497 e. The van der Waals surface area contributed by atoms with E-state index in [1.54, 1.807) is 18.4 Å². The maximum absolute atomic E-state index is 12.7. The standard InChI is InChI=1S/C19H25N3O2S/c1-24-15-7-8-16-17(13-15)25-19(20-16)22-11-9-21(10-12-22)18(23)14-5-3-2-4-6-14/h7-8,13-14H,2-6,9-12H2,1H3. The monoisotopic (exact) mass is 359 g/mol. The lowest BCUT2D eigenvalue weighted by Gasteiger charge is -2.37. The number of methoxy groups -OCH3 is 1. The maximum atomic E-state index is 12.7. The molecule has 0 N–H and O–H groups in total. The zero-order chi connectivity index (χ0) is 17.2. The van der Waals surface area contributed by atoms with Crippen LogP contribution >= 0.6 is 11.3 Å². The number of fused-ring (bicyclic) bond motifs is 1. The summed E-state index contributed by atoms with van der Waals surface area (Å²) in [6.07, 6.45) is 5.88. The van der Waals surface area contributed by atoms with Gasteiger partial charge in [-0.15, -0.1) is 0 Å². The molecular weight excluding hydrogens is 334 g/mol. The van der Waals surface area contributed by atoms with E-state index in [1.807, 2.05) is 18.2 Å². The number of hydrogen-bond acceptors (Lipinski definition) is 5. The Morgan fingerprint density at radius 1 is 1.16 bits per heavy atom. The Kier molecular flexibility index (Phi) is 4.79. The third-order valence-electron chi connectivity index (χ3n) is 5.40. The fourth-order valence-electron chi connectivity index (χ4n) is 3.88. The first-order valence-corrected chi connectivity index (χ1v) is 10.0. The number of piperazine rings is 1. The lowest BCUT2D eigenvalue weighted by molar-refractivity contribution is -0.136. The molecular formula is C19H25N3O2S. The lowest BCUT2D eigenvalue weighted by atomic mass is 9.88. The molecule has 25 heavy (non-hydrogen) atoms. The molecule has 0 atom stereocenters. The van der Waals surface area contributed by atoms with E-state index in [0.717, 1.165) is 60.1 Å². The van der Waals surface area contributed by atoms with Gasteiger partial charge in [0.15, 0.2) is 5.13 Å². The molecule has 1 aliphatic heterocycles. The summed E-state index contributed by atoms with van der Waals surface area (Å²) in [5.74, 6) is 1.52. The van der Waals surface area contributed by atoms with Crippen molar-refractivity contribution in [2.45, 2.75) is 32.1 Å². The second-order valence-electron chi connectivity index (χ2n) is 6.98. The number of ether oxygens (including phenoxy) is 1. The van der Waals surface area contributed by atoms with Crippen molar-refractivity contribution in [2.24, 2.45) is 5.92 Å². The van der Waals surface area contributed by atoms with E-state index >= 15 is 0 Å². The summed E-state index contributed by atoms with van der Waals surface area (Å²) in [6.45, 7) is 3.37. The number of rotatable bonds is 3. The summed E-state index contributed by atoms with van der Waals surface area (Å²) in [5.41, 5.74) is 1.02. The number of aromatic nitrogens is 1. The molecule has 0 bridgehead atoms. The number of hydrogen-bond donors (Lipinski definition) is 0. The van der Waals surface area contributed by atoms with Gasteiger partial charge in [-0.25, -0.2) is 4.98 Å². The average Bonchev–Trinajstić information content (AvgIpc) is 3.11. The molecule has 1 saturated heterocycles. The van der Waals surface area contributed by atoms with E-state index in [-0.39, 0.29) is 5.92 Å². The highest BCUT2D eigenvalue weighted by atomic mass is 32.1. The average molecular weight is 359 g/mol. The van der Waals surface area contributed by atoms with Crippen LogP contribution in [0.15, 0.2) is 18.2 Å². The van der Waals surface area contributed by atoms with Crippen molar-refractivity contribution in [3.05, 3.63) is 18.2 Å². The highest BCUT2D eigenvalue weighted by molar-refractivity contribution is 7.22. The summed E-state index contributed by atoms with van der Waals surface area (Å²) in [5, 5.41) is 1.05. The molecule has 5 nitrogen and oxygen atoms in total. The molecule has 1 aromatic heterocycles. The van der Waals surface area contributed by atoms with Gasteiger partial charge in [0, 0.05) is 32.1 Å². The molecule has 2 aliphatic rings. The van der Waals surface area contributed by atoms with E-state index < -0.39 is 0 Å². The van der Waals surface area contributed by atoms with Crippen LogP contribution in [0.2, 0.25) is 0 Å². The van der Waals surface area contributed by atoms with E-state index in [9.17, 15) is 4.79 Å². The smallest absolute Gasteiger partial charge is 0.225 e. The van der Waals surface area contributed by atoms with E-state index in [4.69, 9.17) is 9.72 Å². The molecule has 134 valence electrons. The Labute approximate surface area is 152 Å². The molecule has 0 radical (unpaired) electrons. The predicted molar refractivity (Wildman–Crippen MR) is 102 cm³/mol. The van der Waals surface area contributed by atoms with E-state index in [0.29, 0.717) is 5.91 Å². The second-order valence-corrected chi connectivity index (χ2v) is 7.99. The van der Waals surface area contributed by atoms with Crippen LogP contribution in [-0.4, -0.2) is 49.1 Å². The van der Waals surface area contributed by atoms with E-state index in [2.05, 4.69) is 9.80 Å². The van der Waals surface area contributed by atoms with Crippen molar-refractivity contribution < 1.29 is 9.53 Å². The van der Waals surface area contributed by atoms with Gasteiger partial charge < -0.3 is 14.5 Å². The van der Waals surface area contributed by atoms with Crippen molar-refractivity contribution in [3.8, 4) is 5.75 Å². The zero-order valence-electron chi connectivity index (χ0n) is 14.7. The normalized spacial score (nSPS) is 19.4. The molecule has 2 fully saturated rings. The summed E-state index contributed by atoms with van der Waals surface area (Å²) >= 11 is 1.70. The third-order valence-corrected chi connectivity index (χ3v) is 6.48. The van der Waals surface area contributed by atoms with Crippen LogP contribution in [-0.2, 0) is 4.79 Å². The van der Waals surface area contributed by atoms with Crippen molar-refractivity contribution in [3.63, 3.8) is 0 Å². The number of amides is 1. The second kappa shape index (κ2) is 7.20. The Bertz CT molecular complexity index is 746. The van der Waals surface area contributed by atoms with Crippen LogP contribution in [0.1, 0.15) is 32.1 Å². The minimum absolute atomic E-state index is 0.273. The number of thiazole rings is 1. The molecule has 0 unspecified atom stereocenters. The fourth-order valence-corrected chi connectivity index (χ4v) is 4.93. The van der Waals surface area contributed by atoms with Gasteiger partial charge in [0.05, 0.1) is 17.3 Å². The molecule has 1 aromatic carbocycles. The lowest BCUT2D eigenvalue weighted by Crippen LogP contribution is -2.50. The van der Waals surface area contributed by atoms with Gasteiger partial charge >= 0.3 is 0 Å². The van der Waals surface area contributed by atoms with Crippen LogP contribution in [0.3, 0.4) is 0 Å². The minimum atomic E-state index is 0.273. The summed E-state index contributed by atoms with van der Waals surface area (Å²) in [7, 11) is 1.69. The van der Waals surface area contributed by atoms with Crippen LogP contribution in [0.5, 0.6) is 5.75 Å². The predicted octanol–water partition coefficient (Wildman–Crippen LogP) is 3.53. The van der Waals surface area contributed by atoms with Gasteiger partial charge in [0.2, 0.25) is 5.91 Å². The van der Waals surface area contributed by atoms with Gasteiger partial charge in [-0.1, -0.05) is 30.6 Å². The Morgan fingerprint density at radius 2 is 1.92 bits per heavy atom. The SMILES string of the molecule is COc1ccc2nc(N3CCN(C(=O)C4CCCCC4)CC3)sc2c1. The summed E-state index contributed by atoms with van der Waals surface area (Å²) in [4.78, 5) is 21.8. The zero-order valence-corrected chi connectivity index (χ0v) is 15.6. The Balaban J connectivity index is 1.40. The molecule has 1 saturated carbocycles. The maximum Gasteiger partial charge on any atom is 0.225 e. The van der Waals surface area contributed by atoms with Gasteiger partial charge in [-0.05, 0) is 31.0 Å². The van der Waals surface area contributed by atoms with Gasteiger partial charge in [0.25, 0.3) is 0 Å². The van der Waals surface area contributed by atoms with Crippen molar-refractivity contribution >= 4 is 32.6 Å². The third kappa shape index (κ3) is 3.45. The number of anilines is 1. The van der Waals surface area contributed by atoms with Gasteiger partial charge in [0.1, 0.15) is 5.75 Å². The summed E-state index contributed by atoms with van der Waals surface area (Å²) < 4.78 is 6.44. The number of nitrogens with zero attached hydrogens (tertiary/aromatic N) is 3. The molecule has 2 heterocycles.